The van der Waals surface area contributed by atoms with E-state index < -0.39 is 47.3 Å². The van der Waals surface area contributed by atoms with E-state index in [0.29, 0.717) is 11.1 Å². The normalized spacial score (nSPS) is 17.2. The Morgan fingerprint density at radius 3 is 2.40 bits per heavy atom. The first-order valence-corrected chi connectivity index (χ1v) is 13.6. The second-order valence-electron chi connectivity index (χ2n) is 11.7. The summed E-state index contributed by atoms with van der Waals surface area (Å²) in [5, 5.41) is 12.9. The van der Waals surface area contributed by atoms with Crippen molar-refractivity contribution in [3.63, 3.8) is 0 Å². The van der Waals surface area contributed by atoms with Crippen LogP contribution in [0.5, 0.6) is 5.75 Å². The number of aliphatic hydroxyl groups is 1. The second-order valence-corrected chi connectivity index (χ2v) is 12.1. The third-order valence-corrected chi connectivity index (χ3v) is 6.99. The molecule has 0 unspecified atom stereocenters. The number of alkyl carbamates (subject to hydrolysis) is 1. The summed E-state index contributed by atoms with van der Waals surface area (Å²) in [6.45, 7) is 8.08. The van der Waals surface area contributed by atoms with E-state index in [1.807, 2.05) is 0 Å². The summed E-state index contributed by atoms with van der Waals surface area (Å²) in [6.07, 6.45) is -3.00. The van der Waals surface area contributed by atoms with Gasteiger partial charge in [-0.3, -0.25) is 0 Å². The van der Waals surface area contributed by atoms with Gasteiger partial charge in [-0.1, -0.05) is 17.7 Å². The fourth-order valence-corrected chi connectivity index (χ4v) is 5.31. The van der Waals surface area contributed by atoms with Crippen molar-refractivity contribution in [2.24, 2.45) is 0 Å². The van der Waals surface area contributed by atoms with Gasteiger partial charge in [0.25, 0.3) is 0 Å². The van der Waals surface area contributed by atoms with Crippen molar-refractivity contribution in [3.8, 4) is 16.9 Å². The first-order valence-electron chi connectivity index (χ1n) is 13.2. The summed E-state index contributed by atoms with van der Waals surface area (Å²) in [5.74, 6) is -0.784. The van der Waals surface area contributed by atoms with E-state index in [0.717, 1.165) is 6.07 Å². The van der Waals surface area contributed by atoms with Crippen molar-refractivity contribution in [2.75, 3.05) is 0 Å². The topological polar surface area (TPSA) is 111 Å². The van der Waals surface area contributed by atoms with Crippen LogP contribution in [0.1, 0.15) is 70.3 Å². The van der Waals surface area contributed by atoms with E-state index >= 15 is 4.39 Å². The lowest BCUT2D eigenvalue weighted by molar-refractivity contribution is -0.275. The van der Waals surface area contributed by atoms with Crippen molar-refractivity contribution in [1.82, 2.24) is 24.8 Å². The summed E-state index contributed by atoms with van der Waals surface area (Å²) in [5.41, 5.74) is -1.20. The zero-order chi connectivity index (χ0) is 31.5. The Kier molecular flexibility index (Phi) is 7.54. The van der Waals surface area contributed by atoms with E-state index in [4.69, 9.17) is 16.3 Å². The van der Waals surface area contributed by atoms with Crippen LogP contribution in [0.15, 0.2) is 42.7 Å². The molecule has 3 heterocycles. The Morgan fingerprint density at radius 2 is 1.79 bits per heavy atom. The molecule has 0 bridgehead atoms. The molecular formula is C29H28ClF4N5O4. The molecule has 0 spiro atoms. The number of halogens is 5. The van der Waals surface area contributed by atoms with Crippen LogP contribution in [0.2, 0.25) is 5.02 Å². The van der Waals surface area contributed by atoms with E-state index in [2.05, 4.69) is 25.0 Å². The summed E-state index contributed by atoms with van der Waals surface area (Å²) >= 11 is 6.48. The van der Waals surface area contributed by atoms with Gasteiger partial charge in [0.2, 0.25) is 0 Å². The molecule has 0 saturated carbocycles. The van der Waals surface area contributed by atoms with Crippen molar-refractivity contribution in [1.29, 1.82) is 0 Å². The summed E-state index contributed by atoms with van der Waals surface area (Å²) < 4.78 is 66.9. The lowest BCUT2D eigenvalue weighted by Crippen LogP contribution is -2.34. The number of amides is 1. The summed E-state index contributed by atoms with van der Waals surface area (Å²) in [6, 6.07) is 4.83. The molecule has 0 aliphatic carbocycles. The molecule has 2 atom stereocenters. The monoisotopic (exact) mass is 621 g/mol. The highest BCUT2D eigenvalue weighted by Gasteiger charge is 2.41. The molecule has 1 aliphatic heterocycles. The van der Waals surface area contributed by atoms with Gasteiger partial charge in [-0.25, -0.2) is 24.1 Å². The molecule has 0 saturated heterocycles. The molecule has 9 nitrogen and oxygen atoms in total. The molecule has 4 aromatic rings. The number of carbonyl (C=O) groups is 1. The zero-order valence-electron chi connectivity index (χ0n) is 23.8. The number of nitrogens with one attached hydrogen (secondary N) is 1. The Bertz CT molecular complexity index is 1690. The number of rotatable bonds is 5. The van der Waals surface area contributed by atoms with Crippen LogP contribution >= 0.6 is 11.6 Å². The first kappa shape index (κ1) is 30.5. The highest BCUT2D eigenvalue weighted by Crippen LogP contribution is 2.47. The Balaban J connectivity index is 1.67. The minimum Gasteiger partial charge on any atom is -0.444 e. The smallest absolute Gasteiger partial charge is 0.444 e. The van der Waals surface area contributed by atoms with Crippen LogP contribution in [-0.4, -0.2) is 42.7 Å². The number of hydrogen-bond donors (Lipinski definition) is 2. The maximum Gasteiger partial charge on any atom is 0.573 e. The largest absolute Gasteiger partial charge is 0.573 e. The quantitative estimate of drug-likeness (QED) is 0.232. The lowest BCUT2D eigenvalue weighted by atomic mass is 10.0. The van der Waals surface area contributed by atoms with Crippen molar-refractivity contribution in [3.05, 3.63) is 70.8 Å². The van der Waals surface area contributed by atoms with Crippen LogP contribution in [0, 0.1) is 5.82 Å². The SMILES string of the molecule is CC(C)(C)OC(=O)N[C@H]1C[C@@H](c2c(Cl)cccc2OC(F)(F)F)n2c1nc1cc(F)c(-c3cnc(C(C)(C)O)nc3)cc12. The number of alkyl halides is 3. The lowest BCUT2D eigenvalue weighted by Gasteiger charge is -2.22. The molecule has 1 amide bonds. The Hall–Kier alpha value is -3.97. The predicted octanol–water partition coefficient (Wildman–Crippen LogP) is 6.97. The number of benzene rings is 2. The van der Waals surface area contributed by atoms with Crippen LogP contribution in [-0.2, 0) is 10.3 Å². The van der Waals surface area contributed by atoms with Crippen LogP contribution in [0.3, 0.4) is 0 Å². The molecule has 43 heavy (non-hydrogen) atoms. The van der Waals surface area contributed by atoms with Gasteiger partial charge >= 0.3 is 12.5 Å². The van der Waals surface area contributed by atoms with E-state index in [1.54, 1.807) is 25.3 Å². The molecule has 1 aliphatic rings. The van der Waals surface area contributed by atoms with Gasteiger partial charge in [0.1, 0.15) is 28.6 Å². The fraction of sp³-hybridized carbons (Fsp3) is 0.379. The molecule has 0 radical (unpaired) electrons. The number of nitrogens with zero attached hydrogens (tertiary/aromatic N) is 4. The molecule has 2 aromatic heterocycles. The minimum atomic E-state index is -5.00. The summed E-state index contributed by atoms with van der Waals surface area (Å²) in [4.78, 5) is 25.6. The van der Waals surface area contributed by atoms with Gasteiger partial charge in [-0.2, -0.15) is 0 Å². The maximum absolute atomic E-state index is 15.4. The van der Waals surface area contributed by atoms with Gasteiger partial charge < -0.3 is 24.5 Å². The number of carbonyl (C=O) groups excluding carboxylic acids is 1. The highest BCUT2D eigenvalue weighted by molar-refractivity contribution is 6.31. The van der Waals surface area contributed by atoms with Crippen LogP contribution < -0.4 is 10.1 Å². The van der Waals surface area contributed by atoms with Crippen LogP contribution in [0.25, 0.3) is 22.2 Å². The van der Waals surface area contributed by atoms with Crippen molar-refractivity contribution in [2.45, 2.75) is 70.7 Å². The molecule has 14 heteroatoms. The standard InChI is InChI=1S/C29H28ClF4N5O4/c1-27(2,3)43-26(40)38-19-11-21(23-16(30)7-6-8-22(23)42-29(32,33)34)39-20-9-15(17(31)10-18(20)37-24(19)39)14-12-35-25(36-13-14)28(4,5)41/h6-10,12-13,19,21,41H,11H2,1-5H3,(H,38,40)/t19-,21-/m0/s1. The summed E-state index contributed by atoms with van der Waals surface area (Å²) in [7, 11) is 0. The van der Waals surface area contributed by atoms with Gasteiger partial charge in [-0.15, -0.1) is 13.2 Å². The third kappa shape index (κ3) is 6.37. The third-order valence-electron chi connectivity index (χ3n) is 6.66. The maximum atomic E-state index is 15.4. The van der Waals surface area contributed by atoms with Crippen LogP contribution in [0.4, 0.5) is 22.4 Å². The zero-order valence-corrected chi connectivity index (χ0v) is 24.5. The average Bonchev–Trinajstić information content (AvgIpc) is 3.38. The van der Waals surface area contributed by atoms with Crippen molar-refractivity contribution < 1.29 is 36.9 Å². The van der Waals surface area contributed by atoms with Gasteiger partial charge in [0, 0.05) is 46.6 Å². The number of aromatic nitrogens is 4. The predicted molar refractivity (Wildman–Crippen MR) is 149 cm³/mol. The number of fused-ring (bicyclic) bond motifs is 3. The van der Waals surface area contributed by atoms with E-state index in [-0.39, 0.29) is 39.7 Å². The Morgan fingerprint density at radius 1 is 1.12 bits per heavy atom. The Labute approximate surface area is 248 Å². The first-order chi connectivity index (χ1) is 19.9. The van der Waals surface area contributed by atoms with Gasteiger partial charge in [-0.05, 0) is 52.8 Å². The molecule has 2 aromatic carbocycles. The van der Waals surface area contributed by atoms with Gasteiger partial charge in [0.05, 0.1) is 23.1 Å². The average molecular weight is 622 g/mol. The molecule has 5 rings (SSSR count). The van der Waals surface area contributed by atoms with E-state index in [1.165, 1.54) is 50.5 Å². The van der Waals surface area contributed by atoms with Crippen molar-refractivity contribution >= 4 is 28.7 Å². The molecule has 2 N–H and O–H groups in total. The number of imidazole rings is 1. The molecule has 0 fully saturated rings. The second kappa shape index (κ2) is 10.6. The minimum absolute atomic E-state index is 0.00425. The number of hydrogen-bond acceptors (Lipinski definition) is 7. The highest BCUT2D eigenvalue weighted by atomic mass is 35.5. The fourth-order valence-electron chi connectivity index (χ4n) is 5.02. The molecular weight excluding hydrogens is 594 g/mol. The van der Waals surface area contributed by atoms with E-state index in [9.17, 15) is 23.1 Å². The molecule has 228 valence electrons. The number of ether oxygens (including phenoxy) is 2. The van der Waals surface area contributed by atoms with Gasteiger partial charge in [0.15, 0.2) is 5.82 Å².